The number of non-ortho nitro benzene ring substituents is 1. The molecule has 0 aliphatic heterocycles. The molecular weight excluding hydrogens is 349 g/mol. The molecule has 1 aromatic carbocycles. The molecule has 0 aliphatic carbocycles. The molecule has 0 unspecified atom stereocenters. The second kappa shape index (κ2) is 7.43. The van der Waals surface area contributed by atoms with Crippen molar-refractivity contribution >= 4 is 40.8 Å². The van der Waals surface area contributed by atoms with Crippen LogP contribution in [0.5, 0.6) is 0 Å². The SMILES string of the molecule is C=C(Cl)COC(=O)C(C)(C)OC(=O)c1cc([N+](=O)[O-])ccc1Cl. The van der Waals surface area contributed by atoms with Crippen molar-refractivity contribution in [2.24, 2.45) is 0 Å². The molecule has 0 fully saturated rings. The number of nitro groups is 1. The molecule has 0 atom stereocenters. The van der Waals surface area contributed by atoms with Gasteiger partial charge in [0.25, 0.3) is 5.69 Å². The van der Waals surface area contributed by atoms with Crippen LogP contribution in [0, 0.1) is 10.1 Å². The van der Waals surface area contributed by atoms with E-state index in [-0.39, 0.29) is 27.9 Å². The van der Waals surface area contributed by atoms with E-state index in [0.29, 0.717) is 0 Å². The average molecular weight is 362 g/mol. The lowest BCUT2D eigenvalue weighted by atomic mass is 10.1. The topological polar surface area (TPSA) is 95.7 Å². The summed E-state index contributed by atoms with van der Waals surface area (Å²) < 4.78 is 9.85. The normalized spacial score (nSPS) is 10.8. The third-order valence-electron chi connectivity index (χ3n) is 2.58. The monoisotopic (exact) mass is 361 g/mol. The van der Waals surface area contributed by atoms with Gasteiger partial charge in [-0.15, -0.1) is 0 Å². The van der Waals surface area contributed by atoms with Crippen molar-refractivity contribution in [1.29, 1.82) is 0 Å². The Kier molecular flexibility index (Phi) is 6.12. The largest absolute Gasteiger partial charge is 0.457 e. The molecule has 0 saturated heterocycles. The second-order valence-electron chi connectivity index (χ2n) is 4.91. The van der Waals surface area contributed by atoms with Gasteiger partial charge in [0.2, 0.25) is 5.60 Å². The molecule has 1 aromatic rings. The summed E-state index contributed by atoms with van der Waals surface area (Å²) in [5.41, 5.74) is -2.21. The van der Waals surface area contributed by atoms with E-state index in [1.807, 2.05) is 0 Å². The maximum Gasteiger partial charge on any atom is 0.350 e. The fraction of sp³-hybridized carbons (Fsp3) is 0.286. The lowest BCUT2D eigenvalue weighted by molar-refractivity contribution is -0.384. The van der Waals surface area contributed by atoms with Gasteiger partial charge in [-0.1, -0.05) is 29.8 Å². The highest BCUT2D eigenvalue weighted by atomic mass is 35.5. The van der Waals surface area contributed by atoms with E-state index in [1.54, 1.807) is 0 Å². The van der Waals surface area contributed by atoms with Gasteiger partial charge in [-0.2, -0.15) is 0 Å². The van der Waals surface area contributed by atoms with Crippen molar-refractivity contribution in [3.8, 4) is 0 Å². The molecule has 0 bridgehead atoms. The van der Waals surface area contributed by atoms with E-state index in [9.17, 15) is 19.7 Å². The number of hydrogen-bond donors (Lipinski definition) is 0. The van der Waals surface area contributed by atoms with Crippen molar-refractivity contribution in [3.63, 3.8) is 0 Å². The fourth-order valence-electron chi connectivity index (χ4n) is 1.43. The fourth-order valence-corrected chi connectivity index (χ4v) is 1.68. The number of ether oxygens (including phenoxy) is 2. The number of esters is 2. The van der Waals surface area contributed by atoms with E-state index in [0.717, 1.165) is 12.1 Å². The highest BCUT2D eigenvalue weighted by Crippen LogP contribution is 2.25. The molecule has 0 amide bonds. The van der Waals surface area contributed by atoms with Crippen LogP contribution in [0.25, 0.3) is 0 Å². The van der Waals surface area contributed by atoms with Gasteiger partial charge in [0, 0.05) is 17.2 Å². The Hall–Kier alpha value is -2.12. The van der Waals surface area contributed by atoms with Gasteiger partial charge in [0.1, 0.15) is 6.61 Å². The van der Waals surface area contributed by atoms with E-state index in [2.05, 4.69) is 6.58 Å². The standard InChI is InChI=1S/C14H13Cl2NO6/c1-8(15)7-22-13(19)14(2,3)23-12(18)10-6-9(17(20)21)4-5-11(10)16/h4-6H,1,7H2,2-3H3. The highest BCUT2D eigenvalue weighted by molar-refractivity contribution is 6.33. The first-order valence-electron chi connectivity index (χ1n) is 6.22. The lowest BCUT2D eigenvalue weighted by Gasteiger charge is -2.23. The minimum atomic E-state index is -1.64. The van der Waals surface area contributed by atoms with E-state index in [4.69, 9.17) is 32.7 Å². The van der Waals surface area contributed by atoms with Crippen LogP contribution in [-0.2, 0) is 14.3 Å². The maximum absolute atomic E-state index is 12.1. The van der Waals surface area contributed by atoms with E-state index < -0.39 is 22.5 Å². The van der Waals surface area contributed by atoms with E-state index >= 15 is 0 Å². The minimum absolute atomic E-state index is 0.0427. The molecule has 23 heavy (non-hydrogen) atoms. The Labute approximate surface area is 141 Å². The zero-order valence-electron chi connectivity index (χ0n) is 12.3. The summed E-state index contributed by atoms with van der Waals surface area (Å²) in [6.07, 6.45) is 0. The van der Waals surface area contributed by atoms with Gasteiger partial charge in [-0.25, -0.2) is 9.59 Å². The molecule has 9 heteroatoms. The van der Waals surface area contributed by atoms with Crippen molar-refractivity contribution in [2.45, 2.75) is 19.4 Å². The number of nitrogens with zero attached hydrogens (tertiary/aromatic N) is 1. The third-order valence-corrected chi connectivity index (χ3v) is 3.02. The van der Waals surface area contributed by atoms with Crippen LogP contribution >= 0.6 is 23.2 Å². The van der Waals surface area contributed by atoms with Gasteiger partial charge < -0.3 is 9.47 Å². The van der Waals surface area contributed by atoms with Crippen molar-refractivity contribution in [3.05, 3.63) is 50.5 Å². The first-order chi connectivity index (χ1) is 10.5. The molecule has 0 N–H and O–H groups in total. The Morgan fingerprint density at radius 1 is 1.39 bits per heavy atom. The molecule has 124 valence electrons. The first kappa shape index (κ1) is 18.9. The number of carbonyl (C=O) groups excluding carboxylic acids is 2. The quantitative estimate of drug-likeness (QED) is 0.437. The van der Waals surface area contributed by atoms with Crippen LogP contribution in [0.3, 0.4) is 0 Å². The van der Waals surface area contributed by atoms with Gasteiger partial charge in [0.05, 0.1) is 15.5 Å². The molecular formula is C14H13Cl2NO6. The van der Waals surface area contributed by atoms with E-state index in [1.165, 1.54) is 19.9 Å². The first-order valence-corrected chi connectivity index (χ1v) is 6.98. The smallest absolute Gasteiger partial charge is 0.350 e. The predicted octanol–water partition coefficient (Wildman–Crippen LogP) is 3.48. The Balaban J connectivity index is 2.93. The molecule has 7 nitrogen and oxygen atoms in total. The summed E-state index contributed by atoms with van der Waals surface area (Å²) >= 11 is 11.3. The summed E-state index contributed by atoms with van der Waals surface area (Å²) in [6.45, 7) is 5.72. The summed E-state index contributed by atoms with van der Waals surface area (Å²) in [6, 6.07) is 3.30. The van der Waals surface area contributed by atoms with Crippen molar-refractivity contribution in [1.82, 2.24) is 0 Å². The zero-order valence-corrected chi connectivity index (χ0v) is 13.8. The van der Waals surface area contributed by atoms with Crippen LogP contribution in [0.1, 0.15) is 24.2 Å². The number of benzene rings is 1. The highest BCUT2D eigenvalue weighted by Gasteiger charge is 2.35. The predicted molar refractivity (Wildman–Crippen MR) is 83.6 cm³/mol. The van der Waals surface area contributed by atoms with Crippen LogP contribution in [0.4, 0.5) is 5.69 Å². The number of rotatable bonds is 6. The van der Waals surface area contributed by atoms with Gasteiger partial charge >= 0.3 is 11.9 Å². The average Bonchev–Trinajstić information content (AvgIpc) is 2.44. The Morgan fingerprint density at radius 3 is 2.52 bits per heavy atom. The number of halogens is 2. The van der Waals surface area contributed by atoms with Gasteiger partial charge in [-0.05, 0) is 19.9 Å². The molecule has 0 spiro atoms. The van der Waals surface area contributed by atoms with Crippen LogP contribution < -0.4 is 0 Å². The lowest BCUT2D eigenvalue weighted by Crippen LogP contribution is -2.39. The summed E-state index contributed by atoms with van der Waals surface area (Å²) in [4.78, 5) is 34.0. The van der Waals surface area contributed by atoms with Crippen LogP contribution in [-0.4, -0.2) is 29.1 Å². The van der Waals surface area contributed by atoms with Crippen LogP contribution in [0.2, 0.25) is 5.02 Å². The third kappa shape index (κ3) is 5.22. The number of nitro benzene ring substituents is 1. The summed E-state index contributed by atoms with van der Waals surface area (Å²) in [5.74, 6) is -1.85. The number of carbonyl (C=O) groups is 2. The summed E-state index contributed by atoms with van der Waals surface area (Å²) in [7, 11) is 0. The van der Waals surface area contributed by atoms with Gasteiger partial charge in [-0.3, -0.25) is 10.1 Å². The Bertz CT molecular complexity index is 671. The summed E-state index contributed by atoms with van der Waals surface area (Å²) in [5, 5.41) is 10.8. The molecule has 1 rings (SSSR count). The molecule has 0 radical (unpaired) electrons. The Morgan fingerprint density at radius 2 is 2.00 bits per heavy atom. The zero-order chi connectivity index (χ0) is 17.8. The molecule has 0 aromatic heterocycles. The second-order valence-corrected chi connectivity index (χ2v) is 5.86. The molecule has 0 aliphatic rings. The molecule has 0 saturated carbocycles. The minimum Gasteiger partial charge on any atom is -0.457 e. The van der Waals surface area contributed by atoms with Gasteiger partial charge in [0.15, 0.2) is 0 Å². The maximum atomic E-state index is 12.1. The van der Waals surface area contributed by atoms with Crippen LogP contribution in [0.15, 0.2) is 29.8 Å². The number of hydrogen-bond acceptors (Lipinski definition) is 6. The molecule has 0 heterocycles. The van der Waals surface area contributed by atoms with Crippen molar-refractivity contribution < 1.29 is 24.0 Å². The van der Waals surface area contributed by atoms with Crippen molar-refractivity contribution in [2.75, 3.05) is 6.61 Å².